The topological polar surface area (TPSA) is 82.4 Å². The Balaban J connectivity index is 1.63. The van der Waals surface area contributed by atoms with Gasteiger partial charge in [-0.25, -0.2) is 4.79 Å². The number of hydrogen-bond acceptors (Lipinski definition) is 6. The van der Waals surface area contributed by atoms with Crippen molar-refractivity contribution in [1.82, 2.24) is 10.4 Å². The highest BCUT2D eigenvalue weighted by molar-refractivity contribution is 7.98. The summed E-state index contributed by atoms with van der Waals surface area (Å²) < 4.78 is 37.7. The Labute approximate surface area is 200 Å². The first-order chi connectivity index (χ1) is 16.2. The van der Waals surface area contributed by atoms with Crippen LogP contribution in [0.3, 0.4) is 0 Å². The minimum Gasteiger partial charge on any atom is -0.360 e. The van der Waals surface area contributed by atoms with E-state index in [-0.39, 0.29) is 19.4 Å². The lowest BCUT2D eigenvalue weighted by Gasteiger charge is -2.33. The van der Waals surface area contributed by atoms with Gasteiger partial charge in [0.2, 0.25) is 5.91 Å². The minimum absolute atomic E-state index is 0.0102. The molecular formula is C24H24F3N3O3S. The number of thioether (sulfide) groups is 1. The van der Waals surface area contributed by atoms with Gasteiger partial charge in [0, 0.05) is 17.9 Å². The molecule has 1 fully saturated rings. The lowest BCUT2D eigenvalue weighted by Crippen LogP contribution is -2.53. The molecule has 0 unspecified atom stereocenters. The molecule has 1 saturated heterocycles. The number of piperidine rings is 1. The predicted octanol–water partition coefficient (Wildman–Crippen LogP) is 4.50. The molecule has 0 spiro atoms. The number of hydrogen-bond donors (Lipinski definition) is 1. The van der Waals surface area contributed by atoms with E-state index in [2.05, 4.69) is 16.2 Å². The average molecular weight is 492 g/mol. The molecule has 0 aromatic heterocycles. The molecule has 34 heavy (non-hydrogen) atoms. The van der Waals surface area contributed by atoms with E-state index in [0.29, 0.717) is 12.8 Å². The highest BCUT2D eigenvalue weighted by Gasteiger charge is 2.44. The highest BCUT2D eigenvalue weighted by atomic mass is 32.2. The molecule has 2 atom stereocenters. The van der Waals surface area contributed by atoms with Crippen molar-refractivity contribution >= 4 is 23.6 Å². The quantitative estimate of drug-likeness (QED) is 0.575. The number of halogens is 3. The van der Waals surface area contributed by atoms with Crippen molar-refractivity contribution in [2.75, 3.05) is 12.8 Å². The standard InChI is InChI=1S/C24H24F3N3O3S/c1-34-20-6-4-5-18(14-20)17-10-8-16(9-11-17)13-19(15-28)29-22(31)21-7-2-3-12-30(21)33-23(32)24(25,26)27/h4-6,8-11,14,19,21H,2-3,7,12-13H2,1H3,(H,29,31)/t19-,21-/m0/s1. The van der Waals surface area contributed by atoms with Crippen molar-refractivity contribution < 1.29 is 27.6 Å². The van der Waals surface area contributed by atoms with E-state index in [1.165, 1.54) is 0 Å². The molecule has 1 heterocycles. The van der Waals surface area contributed by atoms with Crippen molar-refractivity contribution in [3.63, 3.8) is 0 Å². The fourth-order valence-electron chi connectivity index (χ4n) is 3.70. The normalized spacial score (nSPS) is 17.4. The number of amides is 1. The van der Waals surface area contributed by atoms with Gasteiger partial charge >= 0.3 is 12.1 Å². The third kappa shape index (κ3) is 6.74. The van der Waals surface area contributed by atoms with Crippen LogP contribution in [0.4, 0.5) is 13.2 Å². The maximum atomic E-state index is 12.7. The van der Waals surface area contributed by atoms with Gasteiger partial charge in [-0.3, -0.25) is 4.79 Å². The number of hydroxylamine groups is 2. The Morgan fingerprint density at radius 2 is 1.94 bits per heavy atom. The lowest BCUT2D eigenvalue weighted by molar-refractivity contribution is -0.248. The Bertz CT molecular complexity index is 1050. The number of nitrogens with one attached hydrogen (secondary N) is 1. The number of nitrogens with zero attached hydrogens (tertiary/aromatic N) is 2. The maximum Gasteiger partial charge on any atom is 0.492 e. The van der Waals surface area contributed by atoms with Crippen molar-refractivity contribution in [3.05, 3.63) is 54.1 Å². The van der Waals surface area contributed by atoms with Gasteiger partial charge < -0.3 is 10.2 Å². The number of nitriles is 1. The van der Waals surface area contributed by atoms with Crippen LogP contribution in [0, 0.1) is 11.3 Å². The molecule has 0 aliphatic carbocycles. The molecule has 1 aliphatic rings. The lowest BCUT2D eigenvalue weighted by atomic mass is 10.00. The van der Waals surface area contributed by atoms with Crippen LogP contribution in [0.15, 0.2) is 53.4 Å². The third-order valence-corrected chi connectivity index (χ3v) is 6.18. The molecule has 3 rings (SSSR count). The molecule has 180 valence electrons. The fourth-order valence-corrected chi connectivity index (χ4v) is 4.16. The number of carbonyl (C=O) groups excluding carboxylic acids is 2. The summed E-state index contributed by atoms with van der Waals surface area (Å²) in [7, 11) is 0. The maximum absolute atomic E-state index is 12.7. The van der Waals surface area contributed by atoms with Gasteiger partial charge in [0.15, 0.2) is 0 Å². The smallest absolute Gasteiger partial charge is 0.360 e. The first-order valence-electron chi connectivity index (χ1n) is 10.7. The number of rotatable bonds is 7. The second-order valence-corrected chi connectivity index (χ2v) is 8.73. The summed E-state index contributed by atoms with van der Waals surface area (Å²) in [6, 6.07) is 15.8. The fraction of sp³-hybridized carbons (Fsp3) is 0.375. The van der Waals surface area contributed by atoms with Gasteiger partial charge in [-0.15, -0.1) is 16.8 Å². The van der Waals surface area contributed by atoms with Crippen molar-refractivity contribution in [3.8, 4) is 17.2 Å². The van der Waals surface area contributed by atoms with Crippen molar-refractivity contribution in [1.29, 1.82) is 5.26 Å². The average Bonchev–Trinajstić information content (AvgIpc) is 2.83. The van der Waals surface area contributed by atoms with Crippen LogP contribution in [0.25, 0.3) is 11.1 Å². The van der Waals surface area contributed by atoms with Crippen LogP contribution >= 0.6 is 11.8 Å². The summed E-state index contributed by atoms with van der Waals surface area (Å²) >= 11 is 1.65. The van der Waals surface area contributed by atoms with E-state index in [0.717, 1.165) is 26.6 Å². The summed E-state index contributed by atoms with van der Waals surface area (Å²) in [5.74, 6) is -3.01. The largest absolute Gasteiger partial charge is 0.492 e. The van der Waals surface area contributed by atoms with Crippen molar-refractivity contribution in [2.24, 2.45) is 0 Å². The summed E-state index contributed by atoms with van der Waals surface area (Å²) in [6.45, 7) is 0.0102. The second-order valence-electron chi connectivity index (χ2n) is 7.85. The molecule has 0 radical (unpaired) electrons. The molecule has 10 heteroatoms. The molecule has 6 nitrogen and oxygen atoms in total. The monoisotopic (exact) mass is 491 g/mol. The third-order valence-electron chi connectivity index (χ3n) is 5.46. The molecule has 2 aromatic carbocycles. The molecule has 0 saturated carbocycles. The molecule has 1 aliphatic heterocycles. The number of benzene rings is 2. The van der Waals surface area contributed by atoms with Crippen LogP contribution in [0.5, 0.6) is 0 Å². The summed E-state index contributed by atoms with van der Waals surface area (Å²) in [5, 5.41) is 12.9. The number of carbonyl (C=O) groups is 2. The Morgan fingerprint density at radius 1 is 1.21 bits per heavy atom. The van der Waals surface area contributed by atoms with Gasteiger partial charge in [0.25, 0.3) is 0 Å². The molecule has 1 amide bonds. The summed E-state index contributed by atoms with van der Waals surface area (Å²) in [5.41, 5.74) is 2.90. The van der Waals surface area contributed by atoms with Gasteiger partial charge in [-0.05, 0) is 54.3 Å². The minimum atomic E-state index is -5.16. The van der Waals surface area contributed by atoms with Crippen molar-refractivity contribution in [2.45, 2.75) is 48.8 Å². The SMILES string of the molecule is CSc1cccc(-c2ccc(C[C@@H](C#N)NC(=O)[C@@H]3CCCCN3OC(=O)C(F)(F)F)cc2)c1. The zero-order chi connectivity index (χ0) is 24.7. The molecule has 2 aromatic rings. The zero-order valence-corrected chi connectivity index (χ0v) is 19.3. The van der Waals surface area contributed by atoms with E-state index in [9.17, 15) is 28.0 Å². The summed E-state index contributed by atoms with van der Waals surface area (Å²) in [4.78, 5) is 29.5. The van der Waals surface area contributed by atoms with Gasteiger partial charge in [0.1, 0.15) is 12.1 Å². The van der Waals surface area contributed by atoms with Crippen LogP contribution in [-0.2, 0) is 20.8 Å². The Kier molecular flexibility index (Phi) is 8.58. The van der Waals surface area contributed by atoms with Crippen LogP contribution < -0.4 is 5.32 Å². The van der Waals surface area contributed by atoms with E-state index in [4.69, 9.17) is 0 Å². The predicted molar refractivity (Wildman–Crippen MR) is 121 cm³/mol. The second kappa shape index (κ2) is 11.4. The van der Waals surface area contributed by atoms with Gasteiger partial charge in [0.05, 0.1) is 6.07 Å². The van der Waals surface area contributed by atoms with E-state index < -0.39 is 30.1 Å². The Morgan fingerprint density at radius 3 is 2.59 bits per heavy atom. The van der Waals surface area contributed by atoms with Crippen LogP contribution in [0.2, 0.25) is 0 Å². The van der Waals surface area contributed by atoms with Crippen LogP contribution in [-0.4, -0.2) is 48.0 Å². The van der Waals surface area contributed by atoms with E-state index >= 15 is 0 Å². The van der Waals surface area contributed by atoms with E-state index in [1.807, 2.05) is 54.8 Å². The van der Waals surface area contributed by atoms with E-state index in [1.54, 1.807) is 11.8 Å². The Hall–Kier alpha value is -3.03. The highest BCUT2D eigenvalue weighted by Crippen LogP contribution is 2.25. The summed E-state index contributed by atoms with van der Waals surface area (Å²) in [6.07, 6.45) is -1.62. The first-order valence-corrected chi connectivity index (χ1v) is 11.9. The number of alkyl halides is 3. The first kappa shape index (κ1) is 25.6. The van der Waals surface area contributed by atoms with Gasteiger partial charge in [-0.1, -0.05) is 36.4 Å². The zero-order valence-electron chi connectivity index (χ0n) is 18.5. The molecular weight excluding hydrogens is 467 g/mol. The molecule has 0 bridgehead atoms. The van der Waals surface area contributed by atoms with Gasteiger partial charge in [-0.2, -0.15) is 18.4 Å². The molecule has 1 N–H and O–H groups in total. The van der Waals surface area contributed by atoms with Crippen LogP contribution in [0.1, 0.15) is 24.8 Å².